The average Bonchev–Trinajstić information content (AvgIpc) is 3.19. The third kappa shape index (κ3) is 4.62. The second-order valence-electron chi connectivity index (χ2n) is 6.18. The van der Waals surface area contributed by atoms with E-state index in [0.717, 1.165) is 21.8 Å². The summed E-state index contributed by atoms with van der Waals surface area (Å²) in [7, 11) is -3.68. The fourth-order valence-corrected chi connectivity index (χ4v) is 4.81. The van der Waals surface area contributed by atoms with Crippen molar-refractivity contribution in [3.63, 3.8) is 0 Å². The molecule has 4 rings (SSSR count). The number of aromatic nitrogens is 1. The van der Waals surface area contributed by atoms with Crippen molar-refractivity contribution in [3.05, 3.63) is 88.2 Å². The summed E-state index contributed by atoms with van der Waals surface area (Å²) in [4.78, 5) is 4.82. The number of rotatable bonds is 5. The molecule has 0 fully saturated rings. The van der Waals surface area contributed by atoms with Crippen molar-refractivity contribution in [3.8, 4) is 21.8 Å². The first kappa shape index (κ1) is 19.9. The van der Waals surface area contributed by atoms with Gasteiger partial charge in [0.25, 0.3) is 10.0 Å². The van der Waals surface area contributed by atoms with E-state index in [1.54, 1.807) is 24.3 Å². The smallest absolute Gasteiger partial charge is 0.261 e. The fourth-order valence-electron chi connectivity index (χ4n) is 2.67. The standard InChI is InChI=1S/C21H14Cl2N2O2S2/c22-16-5-1-15(2-6-16)21-24-20(13-28-21)14-3-9-18(10-4-14)25-29(26,27)19-11-7-17(23)8-12-19/h1-13,25H. The van der Waals surface area contributed by atoms with Gasteiger partial charge in [-0.2, -0.15) is 0 Å². The van der Waals surface area contributed by atoms with Crippen molar-refractivity contribution < 1.29 is 8.42 Å². The van der Waals surface area contributed by atoms with Gasteiger partial charge < -0.3 is 0 Å². The lowest BCUT2D eigenvalue weighted by Crippen LogP contribution is -2.12. The molecule has 0 unspecified atom stereocenters. The molecule has 4 aromatic rings. The Hall–Kier alpha value is -2.38. The van der Waals surface area contributed by atoms with Gasteiger partial charge in [0.05, 0.1) is 10.6 Å². The number of nitrogens with zero attached hydrogens (tertiary/aromatic N) is 1. The van der Waals surface area contributed by atoms with E-state index in [4.69, 9.17) is 23.2 Å². The van der Waals surface area contributed by atoms with Crippen molar-refractivity contribution in [2.24, 2.45) is 0 Å². The van der Waals surface area contributed by atoms with Crippen LogP contribution in [0, 0.1) is 0 Å². The zero-order valence-electron chi connectivity index (χ0n) is 14.8. The van der Waals surface area contributed by atoms with E-state index in [0.29, 0.717) is 15.7 Å². The van der Waals surface area contributed by atoms with Crippen LogP contribution in [0.4, 0.5) is 5.69 Å². The molecular formula is C21H14Cl2N2O2S2. The molecule has 0 amide bonds. The molecule has 0 aliphatic carbocycles. The topological polar surface area (TPSA) is 59.1 Å². The van der Waals surface area contributed by atoms with E-state index < -0.39 is 10.0 Å². The van der Waals surface area contributed by atoms with E-state index in [1.165, 1.54) is 23.5 Å². The summed E-state index contributed by atoms with van der Waals surface area (Å²) in [5.74, 6) is 0. The molecule has 0 radical (unpaired) electrons. The highest BCUT2D eigenvalue weighted by atomic mass is 35.5. The Bertz CT molecular complexity index is 1240. The molecular weight excluding hydrogens is 447 g/mol. The first-order chi connectivity index (χ1) is 13.9. The largest absolute Gasteiger partial charge is 0.280 e. The van der Waals surface area contributed by atoms with Crippen LogP contribution in [-0.2, 0) is 10.0 Å². The first-order valence-electron chi connectivity index (χ1n) is 8.51. The molecule has 0 spiro atoms. The molecule has 1 heterocycles. The molecule has 0 atom stereocenters. The molecule has 0 aliphatic rings. The molecule has 1 aromatic heterocycles. The molecule has 8 heteroatoms. The SMILES string of the molecule is O=S(=O)(Nc1ccc(-c2csc(-c3ccc(Cl)cc3)n2)cc1)c1ccc(Cl)cc1. The zero-order chi connectivity index (χ0) is 20.4. The van der Waals surface area contributed by atoms with Crippen molar-refractivity contribution in [2.75, 3.05) is 4.72 Å². The van der Waals surface area contributed by atoms with E-state index in [1.807, 2.05) is 41.8 Å². The second-order valence-corrected chi connectivity index (χ2v) is 9.59. The third-order valence-corrected chi connectivity index (χ3v) is 6.94. The number of sulfonamides is 1. The Labute approximate surface area is 182 Å². The number of halogens is 2. The molecule has 146 valence electrons. The van der Waals surface area contributed by atoms with Crippen LogP contribution in [0.3, 0.4) is 0 Å². The lowest BCUT2D eigenvalue weighted by atomic mass is 10.1. The first-order valence-corrected chi connectivity index (χ1v) is 11.6. The van der Waals surface area contributed by atoms with Crippen LogP contribution in [0.1, 0.15) is 0 Å². The minimum absolute atomic E-state index is 0.151. The number of benzene rings is 3. The zero-order valence-corrected chi connectivity index (χ0v) is 18.0. The Kier molecular flexibility index (Phi) is 5.61. The van der Waals surface area contributed by atoms with E-state index >= 15 is 0 Å². The van der Waals surface area contributed by atoms with Crippen LogP contribution in [0.2, 0.25) is 10.0 Å². The van der Waals surface area contributed by atoms with E-state index in [-0.39, 0.29) is 4.90 Å². The summed E-state index contributed by atoms with van der Waals surface area (Å²) < 4.78 is 27.5. The third-order valence-electron chi connectivity index (χ3n) is 4.15. The van der Waals surface area contributed by atoms with Gasteiger partial charge in [-0.05, 0) is 48.5 Å². The van der Waals surface area contributed by atoms with Gasteiger partial charge in [0, 0.05) is 32.2 Å². The Morgan fingerprint density at radius 2 is 1.31 bits per heavy atom. The highest BCUT2D eigenvalue weighted by Crippen LogP contribution is 2.30. The lowest BCUT2D eigenvalue weighted by molar-refractivity contribution is 0.601. The maximum Gasteiger partial charge on any atom is 0.261 e. The summed E-state index contributed by atoms with van der Waals surface area (Å²) in [6.07, 6.45) is 0. The number of hydrogen-bond donors (Lipinski definition) is 1. The van der Waals surface area contributed by atoms with Crippen molar-refractivity contribution >= 4 is 50.2 Å². The van der Waals surface area contributed by atoms with Gasteiger partial charge >= 0.3 is 0 Å². The number of hydrogen-bond acceptors (Lipinski definition) is 4. The van der Waals surface area contributed by atoms with Gasteiger partial charge in [-0.25, -0.2) is 13.4 Å². The van der Waals surface area contributed by atoms with Crippen LogP contribution in [0.25, 0.3) is 21.8 Å². The highest BCUT2D eigenvalue weighted by Gasteiger charge is 2.14. The summed E-state index contributed by atoms with van der Waals surface area (Å²) in [5.41, 5.74) is 3.19. The molecule has 29 heavy (non-hydrogen) atoms. The average molecular weight is 461 g/mol. The summed E-state index contributed by atoms with van der Waals surface area (Å²) in [5, 5.41) is 4.03. The van der Waals surface area contributed by atoms with Gasteiger partial charge in [0.1, 0.15) is 5.01 Å². The molecule has 0 saturated heterocycles. The molecule has 0 bridgehead atoms. The molecule has 0 saturated carbocycles. The van der Waals surface area contributed by atoms with Crippen LogP contribution < -0.4 is 4.72 Å². The van der Waals surface area contributed by atoms with Gasteiger partial charge in [-0.15, -0.1) is 11.3 Å². The van der Waals surface area contributed by atoms with Crippen molar-refractivity contribution in [1.82, 2.24) is 4.98 Å². The molecule has 4 nitrogen and oxygen atoms in total. The van der Waals surface area contributed by atoms with Gasteiger partial charge in [0.15, 0.2) is 0 Å². The minimum atomic E-state index is -3.68. The molecule has 3 aromatic carbocycles. The Balaban J connectivity index is 1.52. The van der Waals surface area contributed by atoms with Crippen LogP contribution in [-0.4, -0.2) is 13.4 Å². The maximum absolute atomic E-state index is 12.5. The quantitative estimate of drug-likeness (QED) is 0.365. The normalized spacial score (nSPS) is 11.4. The predicted molar refractivity (Wildman–Crippen MR) is 120 cm³/mol. The van der Waals surface area contributed by atoms with Gasteiger partial charge in [-0.1, -0.05) is 47.5 Å². The van der Waals surface area contributed by atoms with Gasteiger partial charge in [0.2, 0.25) is 0 Å². The maximum atomic E-state index is 12.5. The number of thiazole rings is 1. The van der Waals surface area contributed by atoms with Crippen LogP contribution in [0.15, 0.2) is 83.1 Å². The molecule has 1 N–H and O–H groups in total. The fraction of sp³-hybridized carbons (Fsp3) is 0. The Morgan fingerprint density at radius 3 is 1.93 bits per heavy atom. The minimum Gasteiger partial charge on any atom is -0.280 e. The summed E-state index contributed by atoms with van der Waals surface area (Å²) in [6, 6.07) is 20.6. The Morgan fingerprint density at radius 1 is 0.759 bits per heavy atom. The predicted octanol–water partition coefficient (Wildman–Crippen LogP) is 6.58. The van der Waals surface area contributed by atoms with E-state index in [2.05, 4.69) is 9.71 Å². The summed E-state index contributed by atoms with van der Waals surface area (Å²) >= 11 is 13.3. The van der Waals surface area contributed by atoms with Crippen LogP contribution >= 0.6 is 34.5 Å². The van der Waals surface area contributed by atoms with Crippen molar-refractivity contribution in [2.45, 2.75) is 4.90 Å². The van der Waals surface area contributed by atoms with Crippen molar-refractivity contribution in [1.29, 1.82) is 0 Å². The summed E-state index contributed by atoms with van der Waals surface area (Å²) in [6.45, 7) is 0. The number of anilines is 1. The van der Waals surface area contributed by atoms with E-state index in [9.17, 15) is 8.42 Å². The van der Waals surface area contributed by atoms with Crippen LogP contribution in [0.5, 0.6) is 0 Å². The lowest BCUT2D eigenvalue weighted by Gasteiger charge is -2.08. The second kappa shape index (κ2) is 8.16. The number of nitrogens with one attached hydrogen (secondary N) is 1. The molecule has 0 aliphatic heterocycles. The highest BCUT2D eigenvalue weighted by molar-refractivity contribution is 7.92. The van der Waals surface area contributed by atoms with Gasteiger partial charge in [-0.3, -0.25) is 4.72 Å². The monoisotopic (exact) mass is 460 g/mol.